The van der Waals surface area contributed by atoms with Crippen molar-refractivity contribution in [3.05, 3.63) is 41.8 Å². The number of fused-ring (bicyclic) bond motifs is 1. The quantitative estimate of drug-likeness (QED) is 0.529. The normalized spacial score (nSPS) is 18.2. The Morgan fingerprint density at radius 3 is 2.68 bits per heavy atom. The van der Waals surface area contributed by atoms with Crippen LogP contribution < -0.4 is 4.90 Å². The molecule has 3 aromatic heterocycles. The molecule has 0 aromatic carbocycles. The van der Waals surface area contributed by atoms with Gasteiger partial charge in [-0.3, -0.25) is 4.98 Å². The van der Waals surface area contributed by atoms with E-state index in [1.807, 2.05) is 18.5 Å². The van der Waals surface area contributed by atoms with Crippen LogP contribution >= 0.6 is 11.6 Å². The Hall–Kier alpha value is -1.92. The SMILES string of the molecule is CC(C)(C)[Si](C)(C)[C@H]1CCN(c2ccnc(-c3cnc4ccc(Cl)nn34)c2)C1. The molecule has 5 nitrogen and oxygen atoms in total. The molecular weight excluding hydrogens is 386 g/mol. The predicted octanol–water partition coefficient (Wildman–Crippen LogP) is 5.53. The average Bonchev–Trinajstić information content (AvgIpc) is 3.28. The number of rotatable bonds is 3. The van der Waals surface area contributed by atoms with E-state index in [0.29, 0.717) is 10.2 Å². The Morgan fingerprint density at radius 2 is 1.93 bits per heavy atom. The number of anilines is 1. The number of halogens is 1. The smallest absolute Gasteiger partial charge is 0.154 e. The van der Waals surface area contributed by atoms with E-state index in [1.165, 1.54) is 12.1 Å². The van der Waals surface area contributed by atoms with E-state index in [9.17, 15) is 0 Å². The summed E-state index contributed by atoms with van der Waals surface area (Å²) >= 11 is 6.08. The van der Waals surface area contributed by atoms with Crippen LogP contribution in [-0.4, -0.2) is 40.7 Å². The highest BCUT2D eigenvalue weighted by Crippen LogP contribution is 2.47. The summed E-state index contributed by atoms with van der Waals surface area (Å²) in [6, 6.07) is 7.89. The first-order valence-electron chi connectivity index (χ1n) is 9.88. The van der Waals surface area contributed by atoms with Crippen molar-refractivity contribution in [3.63, 3.8) is 0 Å². The van der Waals surface area contributed by atoms with E-state index in [1.54, 1.807) is 10.6 Å². The molecule has 0 radical (unpaired) electrons. The van der Waals surface area contributed by atoms with Crippen molar-refractivity contribution in [3.8, 4) is 11.4 Å². The predicted molar refractivity (Wildman–Crippen MR) is 119 cm³/mol. The maximum atomic E-state index is 6.08. The molecule has 0 saturated carbocycles. The minimum absolute atomic E-state index is 0.415. The van der Waals surface area contributed by atoms with Crippen molar-refractivity contribution >= 4 is 31.0 Å². The molecule has 0 N–H and O–H groups in total. The third-order valence-electron chi connectivity index (χ3n) is 6.84. The third-order valence-corrected chi connectivity index (χ3v) is 13.4. The topological polar surface area (TPSA) is 46.3 Å². The second-order valence-corrected chi connectivity index (χ2v) is 15.5. The van der Waals surface area contributed by atoms with Gasteiger partial charge in [-0.2, -0.15) is 5.10 Å². The molecule has 4 rings (SSSR count). The molecule has 148 valence electrons. The van der Waals surface area contributed by atoms with Gasteiger partial charge in [0.25, 0.3) is 0 Å². The van der Waals surface area contributed by atoms with Crippen LogP contribution in [0.4, 0.5) is 5.69 Å². The van der Waals surface area contributed by atoms with E-state index in [2.05, 4.69) is 66.0 Å². The van der Waals surface area contributed by atoms with Gasteiger partial charge in [0.1, 0.15) is 10.8 Å². The van der Waals surface area contributed by atoms with Gasteiger partial charge in [0.15, 0.2) is 5.65 Å². The van der Waals surface area contributed by atoms with Crippen LogP contribution in [0, 0.1) is 0 Å². The number of hydrogen-bond donors (Lipinski definition) is 0. The van der Waals surface area contributed by atoms with Crippen molar-refractivity contribution < 1.29 is 0 Å². The zero-order chi connectivity index (χ0) is 20.1. The van der Waals surface area contributed by atoms with Crippen LogP contribution in [0.5, 0.6) is 0 Å². The summed E-state index contributed by atoms with van der Waals surface area (Å²) in [6.45, 7) is 14.6. The van der Waals surface area contributed by atoms with Gasteiger partial charge in [0, 0.05) is 25.0 Å². The molecule has 0 aliphatic carbocycles. The highest BCUT2D eigenvalue weighted by atomic mass is 35.5. The van der Waals surface area contributed by atoms with Gasteiger partial charge in [-0.1, -0.05) is 45.5 Å². The minimum Gasteiger partial charge on any atom is -0.371 e. The van der Waals surface area contributed by atoms with Crippen molar-refractivity contribution in [2.45, 2.75) is 50.9 Å². The molecule has 7 heteroatoms. The molecular formula is C21H28ClN5Si. The molecule has 0 spiro atoms. The highest BCUT2D eigenvalue weighted by Gasteiger charge is 2.44. The van der Waals surface area contributed by atoms with Crippen LogP contribution in [0.15, 0.2) is 36.7 Å². The molecule has 0 bridgehead atoms. The van der Waals surface area contributed by atoms with E-state index in [4.69, 9.17) is 11.6 Å². The minimum atomic E-state index is -1.35. The Morgan fingerprint density at radius 1 is 1.14 bits per heavy atom. The summed E-state index contributed by atoms with van der Waals surface area (Å²) in [7, 11) is -1.35. The van der Waals surface area contributed by atoms with Crippen molar-refractivity contribution in [1.82, 2.24) is 19.6 Å². The fourth-order valence-corrected chi connectivity index (χ4v) is 6.87. The summed E-state index contributed by atoms with van der Waals surface area (Å²) < 4.78 is 1.76. The van der Waals surface area contributed by atoms with Crippen molar-refractivity contribution in [1.29, 1.82) is 0 Å². The molecule has 1 atom stereocenters. The lowest BCUT2D eigenvalue weighted by Gasteiger charge is -2.42. The van der Waals surface area contributed by atoms with E-state index < -0.39 is 8.07 Å². The molecule has 0 unspecified atom stereocenters. The Kier molecular flexibility index (Phi) is 4.74. The number of aromatic nitrogens is 4. The zero-order valence-electron chi connectivity index (χ0n) is 17.3. The lowest BCUT2D eigenvalue weighted by atomic mass is 10.2. The maximum Gasteiger partial charge on any atom is 0.154 e. The first-order valence-corrected chi connectivity index (χ1v) is 13.3. The Balaban J connectivity index is 1.62. The van der Waals surface area contributed by atoms with Gasteiger partial charge in [-0.05, 0) is 41.3 Å². The molecule has 1 aliphatic rings. The van der Waals surface area contributed by atoms with E-state index in [-0.39, 0.29) is 0 Å². The van der Waals surface area contributed by atoms with Crippen molar-refractivity contribution in [2.75, 3.05) is 18.0 Å². The largest absolute Gasteiger partial charge is 0.371 e. The fraction of sp³-hybridized carbons (Fsp3) is 0.476. The summed E-state index contributed by atoms with van der Waals surface area (Å²) in [5.74, 6) is 0. The van der Waals surface area contributed by atoms with Gasteiger partial charge >= 0.3 is 0 Å². The van der Waals surface area contributed by atoms with Crippen LogP contribution in [0.25, 0.3) is 17.0 Å². The number of hydrogen-bond acceptors (Lipinski definition) is 4. The van der Waals surface area contributed by atoms with Gasteiger partial charge in [0.05, 0.1) is 20.0 Å². The number of imidazole rings is 1. The maximum absolute atomic E-state index is 6.08. The lowest BCUT2D eigenvalue weighted by Crippen LogP contribution is -2.43. The average molecular weight is 414 g/mol. The molecule has 1 saturated heterocycles. The summed E-state index contributed by atoms with van der Waals surface area (Å²) in [5.41, 5.74) is 4.53. The first kappa shape index (κ1) is 19.4. The Labute approximate surface area is 172 Å². The number of nitrogens with zero attached hydrogens (tertiary/aromatic N) is 5. The second kappa shape index (κ2) is 6.85. The first-order chi connectivity index (χ1) is 13.2. The van der Waals surface area contributed by atoms with Crippen LogP contribution in [0.3, 0.4) is 0 Å². The number of pyridine rings is 1. The highest BCUT2D eigenvalue weighted by molar-refractivity contribution is 6.81. The van der Waals surface area contributed by atoms with Crippen LogP contribution in [0.2, 0.25) is 28.8 Å². The monoisotopic (exact) mass is 413 g/mol. The van der Waals surface area contributed by atoms with Crippen LogP contribution in [0.1, 0.15) is 27.2 Å². The second-order valence-electron chi connectivity index (χ2n) is 9.37. The molecule has 1 fully saturated rings. The summed E-state index contributed by atoms with van der Waals surface area (Å²) in [5, 5.41) is 5.24. The molecule has 4 heterocycles. The molecule has 1 aliphatic heterocycles. The van der Waals surface area contributed by atoms with Gasteiger partial charge in [0.2, 0.25) is 0 Å². The van der Waals surface area contributed by atoms with E-state index >= 15 is 0 Å². The van der Waals surface area contributed by atoms with Gasteiger partial charge in [-0.15, -0.1) is 0 Å². The molecule has 0 amide bonds. The lowest BCUT2D eigenvalue weighted by molar-refractivity contribution is 0.684. The molecule has 28 heavy (non-hydrogen) atoms. The summed E-state index contributed by atoms with van der Waals surface area (Å²) in [4.78, 5) is 11.5. The third kappa shape index (κ3) is 3.33. The fourth-order valence-electron chi connectivity index (χ4n) is 3.98. The zero-order valence-corrected chi connectivity index (χ0v) is 19.0. The van der Waals surface area contributed by atoms with Gasteiger partial charge < -0.3 is 4.90 Å². The summed E-state index contributed by atoms with van der Waals surface area (Å²) in [6.07, 6.45) is 4.97. The standard InChI is InChI=1S/C21H28ClN5Si/c1-21(2,3)28(4,5)16-9-11-26(14-16)15-8-10-23-17(12-15)18-13-24-20-7-6-19(22)25-27(18)20/h6-8,10,12-13,16H,9,11,14H2,1-5H3/t16-/m0/s1. The van der Waals surface area contributed by atoms with E-state index in [0.717, 1.165) is 35.7 Å². The Bertz CT molecular complexity index is 1010. The van der Waals surface area contributed by atoms with Crippen LogP contribution in [-0.2, 0) is 0 Å². The molecule has 3 aromatic rings. The van der Waals surface area contributed by atoms with Gasteiger partial charge in [-0.25, -0.2) is 9.50 Å². The van der Waals surface area contributed by atoms with Crippen molar-refractivity contribution in [2.24, 2.45) is 0 Å².